The number of morpholine rings is 1. The molecule has 1 aliphatic rings. The van der Waals surface area contributed by atoms with Gasteiger partial charge in [-0.25, -0.2) is 4.98 Å². The lowest BCUT2D eigenvalue weighted by atomic mass is 10.2. The first kappa shape index (κ1) is 13.5. The largest absolute Gasteiger partial charge is 0.378 e. The minimum Gasteiger partial charge on any atom is -0.378 e. The quantitative estimate of drug-likeness (QED) is 0.730. The van der Waals surface area contributed by atoms with Gasteiger partial charge in [-0.15, -0.1) is 0 Å². The molecular formula is C16H15N3O2S. The lowest BCUT2D eigenvalue weighted by molar-refractivity contribution is 0.0300. The molecule has 1 amide bonds. The van der Waals surface area contributed by atoms with Crippen molar-refractivity contribution in [3.8, 4) is 11.3 Å². The summed E-state index contributed by atoms with van der Waals surface area (Å²) in [5, 5.41) is 4.06. The number of hydrogen-bond donors (Lipinski definition) is 0. The Bertz CT molecular complexity index is 804. The van der Waals surface area contributed by atoms with Crippen LogP contribution in [0.15, 0.2) is 41.2 Å². The van der Waals surface area contributed by atoms with Crippen LogP contribution in [0.3, 0.4) is 0 Å². The van der Waals surface area contributed by atoms with Gasteiger partial charge in [0.05, 0.1) is 18.9 Å². The molecular weight excluding hydrogens is 298 g/mol. The van der Waals surface area contributed by atoms with Gasteiger partial charge in [-0.05, 0) is 23.6 Å². The molecule has 4 rings (SSSR count). The van der Waals surface area contributed by atoms with Gasteiger partial charge in [-0.1, -0.05) is 6.07 Å². The molecule has 0 bridgehead atoms. The highest BCUT2D eigenvalue weighted by Crippen LogP contribution is 2.28. The number of nitrogens with zero attached hydrogens (tertiary/aromatic N) is 3. The maximum absolute atomic E-state index is 12.9. The fourth-order valence-electron chi connectivity index (χ4n) is 2.74. The number of pyridine rings is 1. The smallest absolute Gasteiger partial charge is 0.274 e. The lowest BCUT2D eigenvalue weighted by Crippen LogP contribution is -2.41. The number of rotatable bonds is 2. The van der Waals surface area contributed by atoms with E-state index in [9.17, 15) is 4.79 Å². The Hall–Kier alpha value is -2.18. The summed E-state index contributed by atoms with van der Waals surface area (Å²) in [6.07, 6.45) is 1.95. The third-order valence-corrected chi connectivity index (χ3v) is 4.51. The number of aromatic nitrogens is 2. The molecule has 0 N–H and O–H groups in total. The van der Waals surface area contributed by atoms with Gasteiger partial charge in [-0.3, -0.25) is 9.20 Å². The monoisotopic (exact) mass is 313 g/mol. The molecule has 5 nitrogen and oxygen atoms in total. The van der Waals surface area contributed by atoms with Crippen LogP contribution in [0.4, 0.5) is 0 Å². The first-order chi connectivity index (χ1) is 10.8. The number of fused-ring (bicyclic) bond motifs is 1. The van der Waals surface area contributed by atoms with Crippen LogP contribution in [0.2, 0.25) is 0 Å². The Balaban J connectivity index is 1.86. The molecule has 0 aliphatic carbocycles. The summed E-state index contributed by atoms with van der Waals surface area (Å²) >= 11 is 1.62. The van der Waals surface area contributed by atoms with Gasteiger partial charge in [0, 0.05) is 30.2 Å². The Morgan fingerprint density at radius 3 is 2.86 bits per heavy atom. The van der Waals surface area contributed by atoms with E-state index < -0.39 is 0 Å². The van der Waals surface area contributed by atoms with E-state index in [0.29, 0.717) is 32.0 Å². The summed E-state index contributed by atoms with van der Waals surface area (Å²) in [6.45, 7) is 2.42. The Morgan fingerprint density at radius 1 is 1.23 bits per heavy atom. The Labute approximate surface area is 131 Å². The van der Waals surface area contributed by atoms with Crippen LogP contribution < -0.4 is 0 Å². The van der Waals surface area contributed by atoms with Crippen LogP contribution in [0.1, 0.15) is 10.5 Å². The number of ether oxygens (including phenoxy) is 1. The van der Waals surface area contributed by atoms with E-state index in [1.807, 2.05) is 50.5 Å². The van der Waals surface area contributed by atoms with Crippen molar-refractivity contribution in [3.63, 3.8) is 0 Å². The maximum Gasteiger partial charge on any atom is 0.274 e. The predicted octanol–water partition coefficient (Wildman–Crippen LogP) is 2.54. The van der Waals surface area contributed by atoms with Crippen LogP contribution in [-0.2, 0) is 4.74 Å². The van der Waals surface area contributed by atoms with Gasteiger partial charge in [0.2, 0.25) is 0 Å². The summed E-state index contributed by atoms with van der Waals surface area (Å²) in [5.41, 5.74) is 3.21. The fourth-order valence-corrected chi connectivity index (χ4v) is 3.38. The van der Waals surface area contributed by atoms with E-state index in [0.717, 1.165) is 16.9 Å². The number of carbonyl (C=O) groups is 1. The average molecular weight is 313 g/mol. The topological polar surface area (TPSA) is 46.8 Å². The Kier molecular flexibility index (Phi) is 3.40. The molecule has 0 atom stereocenters. The van der Waals surface area contributed by atoms with Crippen molar-refractivity contribution < 1.29 is 9.53 Å². The highest BCUT2D eigenvalue weighted by molar-refractivity contribution is 7.08. The van der Waals surface area contributed by atoms with E-state index in [4.69, 9.17) is 4.74 Å². The molecule has 22 heavy (non-hydrogen) atoms. The zero-order chi connectivity index (χ0) is 14.9. The standard InChI is InChI=1S/C16H15N3O2S/c20-16(18-6-8-21-9-7-18)14-15(12-4-10-22-11-12)19-5-2-1-3-13(19)17-14/h1-5,10-11H,6-9H2. The lowest BCUT2D eigenvalue weighted by Gasteiger charge is -2.26. The number of imidazole rings is 1. The second kappa shape index (κ2) is 5.55. The van der Waals surface area contributed by atoms with E-state index >= 15 is 0 Å². The summed E-state index contributed by atoms with van der Waals surface area (Å²) < 4.78 is 7.31. The van der Waals surface area contributed by atoms with Gasteiger partial charge in [0.25, 0.3) is 5.91 Å². The molecule has 1 aliphatic heterocycles. The molecule has 0 saturated carbocycles. The minimum absolute atomic E-state index is 0.0202. The number of amides is 1. The maximum atomic E-state index is 12.9. The van der Waals surface area contributed by atoms with Crippen LogP contribution in [0.25, 0.3) is 16.9 Å². The number of thiophene rings is 1. The van der Waals surface area contributed by atoms with Crippen molar-refractivity contribution in [1.29, 1.82) is 0 Å². The van der Waals surface area contributed by atoms with Gasteiger partial charge >= 0.3 is 0 Å². The van der Waals surface area contributed by atoms with E-state index in [2.05, 4.69) is 4.98 Å². The molecule has 3 aromatic heterocycles. The van der Waals surface area contributed by atoms with E-state index in [-0.39, 0.29) is 5.91 Å². The highest BCUT2D eigenvalue weighted by atomic mass is 32.1. The summed E-state index contributed by atoms with van der Waals surface area (Å²) in [5.74, 6) is -0.0202. The van der Waals surface area contributed by atoms with Crippen molar-refractivity contribution in [2.24, 2.45) is 0 Å². The second-order valence-electron chi connectivity index (χ2n) is 5.15. The zero-order valence-corrected chi connectivity index (χ0v) is 12.8. The van der Waals surface area contributed by atoms with Crippen molar-refractivity contribution in [2.75, 3.05) is 26.3 Å². The predicted molar refractivity (Wildman–Crippen MR) is 85.2 cm³/mol. The average Bonchev–Trinajstić information content (AvgIpc) is 3.21. The summed E-state index contributed by atoms with van der Waals surface area (Å²) in [7, 11) is 0. The Morgan fingerprint density at radius 2 is 2.09 bits per heavy atom. The van der Waals surface area contributed by atoms with Crippen molar-refractivity contribution in [2.45, 2.75) is 0 Å². The van der Waals surface area contributed by atoms with Crippen LogP contribution in [-0.4, -0.2) is 46.5 Å². The van der Waals surface area contributed by atoms with Gasteiger partial charge in [0.15, 0.2) is 5.69 Å². The SMILES string of the molecule is O=C(c1nc2ccccn2c1-c1ccsc1)N1CCOCC1. The van der Waals surface area contributed by atoms with Crippen molar-refractivity contribution >= 4 is 22.9 Å². The van der Waals surface area contributed by atoms with Gasteiger partial charge in [-0.2, -0.15) is 11.3 Å². The molecule has 3 aromatic rings. The molecule has 112 valence electrons. The number of carbonyl (C=O) groups excluding carboxylic acids is 1. The molecule has 0 spiro atoms. The molecule has 1 fully saturated rings. The molecule has 1 saturated heterocycles. The zero-order valence-electron chi connectivity index (χ0n) is 11.9. The summed E-state index contributed by atoms with van der Waals surface area (Å²) in [4.78, 5) is 19.3. The molecule has 0 unspecified atom stereocenters. The normalized spacial score (nSPS) is 15.4. The fraction of sp³-hybridized carbons (Fsp3) is 0.250. The van der Waals surface area contributed by atoms with Crippen molar-refractivity contribution in [1.82, 2.24) is 14.3 Å². The first-order valence-electron chi connectivity index (χ1n) is 7.21. The molecule has 0 aromatic carbocycles. The molecule has 6 heteroatoms. The number of hydrogen-bond acceptors (Lipinski definition) is 4. The van der Waals surface area contributed by atoms with Crippen LogP contribution >= 0.6 is 11.3 Å². The molecule has 4 heterocycles. The third-order valence-electron chi connectivity index (χ3n) is 3.83. The van der Waals surface area contributed by atoms with Gasteiger partial charge in [0.1, 0.15) is 5.65 Å². The third kappa shape index (κ3) is 2.20. The minimum atomic E-state index is -0.0202. The van der Waals surface area contributed by atoms with E-state index in [1.54, 1.807) is 11.3 Å². The van der Waals surface area contributed by atoms with E-state index in [1.165, 1.54) is 0 Å². The second-order valence-corrected chi connectivity index (χ2v) is 5.93. The van der Waals surface area contributed by atoms with Gasteiger partial charge < -0.3 is 9.64 Å². The highest BCUT2D eigenvalue weighted by Gasteiger charge is 2.26. The van der Waals surface area contributed by atoms with Crippen molar-refractivity contribution in [3.05, 3.63) is 46.9 Å². The van der Waals surface area contributed by atoms with Crippen LogP contribution in [0, 0.1) is 0 Å². The van der Waals surface area contributed by atoms with Crippen LogP contribution in [0.5, 0.6) is 0 Å². The first-order valence-corrected chi connectivity index (χ1v) is 8.15. The molecule has 0 radical (unpaired) electrons. The summed E-state index contributed by atoms with van der Waals surface area (Å²) in [6, 6.07) is 7.83.